The molecule has 0 saturated carbocycles. The second-order valence-electron chi connectivity index (χ2n) is 5.28. The maximum Gasteiger partial charge on any atom is 0.274 e. The van der Waals surface area contributed by atoms with Crippen molar-refractivity contribution in [3.63, 3.8) is 0 Å². The Morgan fingerprint density at radius 2 is 1.81 bits per heavy atom. The van der Waals surface area contributed by atoms with Gasteiger partial charge in [-0.25, -0.2) is 9.97 Å². The van der Waals surface area contributed by atoms with Gasteiger partial charge in [-0.2, -0.15) is 0 Å². The lowest BCUT2D eigenvalue weighted by molar-refractivity contribution is 0.0786. The quantitative estimate of drug-likeness (QED) is 0.940. The molecule has 0 unspecified atom stereocenters. The van der Waals surface area contributed by atoms with Gasteiger partial charge in [-0.1, -0.05) is 17.7 Å². The number of amides is 1. The smallest absolute Gasteiger partial charge is 0.274 e. The number of aryl methyl sites for hydroxylation is 1. The Morgan fingerprint density at radius 1 is 1.10 bits per heavy atom. The molecule has 2 heterocycles. The van der Waals surface area contributed by atoms with Crippen LogP contribution >= 0.6 is 0 Å². The molecule has 1 aromatic heterocycles. The molecule has 1 amide bonds. The van der Waals surface area contributed by atoms with Gasteiger partial charge in [0.2, 0.25) is 0 Å². The Balaban J connectivity index is 1.68. The Bertz CT molecular complexity index is 616. The fourth-order valence-corrected chi connectivity index (χ4v) is 2.37. The number of anilines is 2. The molecule has 0 atom stereocenters. The summed E-state index contributed by atoms with van der Waals surface area (Å²) in [5.41, 5.74) is 2.57. The molecule has 0 bridgehead atoms. The van der Waals surface area contributed by atoms with Gasteiger partial charge in [0, 0.05) is 18.8 Å². The van der Waals surface area contributed by atoms with Crippen LogP contribution < -0.4 is 5.32 Å². The highest BCUT2D eigenvalue weighted by Crippen LogP contribution is 2.15. The summed E-state index contributed by atoms with van der Waals surface area (Å²) in [6, 6.07) is 8.03. The highest BCUT2D eigenvalue weighted by Gasteiger charge is 2.20. The molecule has 0 aliphatic carbocycles. The van der Waals surface area contributed by atoms with Crippen molar-refractivity contribution in [1.29, 1.82) is 0 Å². The Kier molecular flexibility index (Phi) is 3.81. The summed E-state index contributed by atoms with van der Waals surface area (Å²) in [4.78, 5) is 22.5. The first-order valence-corrected chi connectivity index (χ1v) is 7.17. The van der Waals surface area contributed by atoms with Crippen molar-refractivity contribution in [2.75, 3.05) is 18.4 Å². The van der Waals surface area contributed by atoms with E-state index in [1.165, 1.54) is 11.8 Å². The molecule has 5 heteroatoms. The van der Waals surface area contributed by atoms with Crippen molar-refractivity contribution >= 4 is 17.4 Å². The van der Waals surface area contributed by atoms with Crippen molar-refractivity contribution in [3.05, 3.63) is 47.9 Å². The molecule has 108 valence electrons. The summed E-state index contributed by atoms with van der Waals surface area (Å²) in [7, 11) is 0. The van der Waals surface area contributed by atoms with Gasteiger partial charge >= 0.3 is 0 Å². The molecular formula is C16H18N4O. The van der Waals surface area contributed by atoms with Crippen LogP contribution in [0.2, 0.25) is 0 Å². The lowest BCUT2D eigenvalue weighted by Gasteiger charge is -2.14. The second-order valence-corrected chi connectivity index (χ2v) is 5.28. The fourth-order valence-electron chi connectivity index (χ4n) is 2.37. The number of nitrogens with zero attached hydrogens (tertiary/aromatic N) is 3. The third-order valence-corrected chi connectivity index (χ3v) is 3.59. The van der Waals surface area contributed by atoms with Gasteiger partial charge in [-0.3, -0.25) is 4.79 Å². The maximum absolute atomic E-state index is 12.2. The number of benzene rings is 1. The van der Waals surface area contributed by atoms with E-state index in [0.29, 0.717) is 11.5 Å². The van der Waals surface area contributed by atoms with Gasteiger partial charge in [0.25, 0.3) is 5.91 Å². The largest absolute Gasteiger partial charge is 0.339 e. The van der Waals surface area contributed by atoms with Crippen LogP contribution in [0, 0.1) is 6.92 Å². The minimum absolute atomic E-state index is 0.0260. The predicted molar refractivity (Wildman–Crippen MR) is 81.6 cm³/mol. The van der Waals surface area contributed by atoms with E-state index in [2.05, 4.69) is 15.3 Å². The number of nitrogens with one attached hydrogen (secondary N) is 1. The highest BCUT2D eigenvalue weighted by atomic mass is 16.2. The number of rotatable bonds is 3. The van der Waals surface area contributed by atoms with Crippen LogP contribution in [0.15, 0.2) is 36.7 Å². The monoisotopic (exact) mass is 282 g/mol. The number of aromatic nitrogens is 2. The Morgan fingerprint density at radius 3 is 2.43 bits per heavy atom. The van der Waals surface area contributed by atoms with Gasteiger partial charge < -0.3 is 10.2 Å². The first-order chi connectivity index (χ1) is 10.2. The van der Waals surface area contributed by atoms with E-state index in [9.17, 15) is 4.79 Å². The molecule has 1 fully saturated rings. The van der Waals surface area contributed by atoms with E-state index in [-0.39, 0.29) is 5.91 Å². The third kappa shape index (κ3) is 3.18. The summed E-state index contributed by atoms with van der Waals surface area (Å²) < 4.78 is 0. The predicted octanol–water partition coefficient (Wildman–Crippen LogP) is 2.76. The van der Waals surface area contributed by atoms with Crippen molar-refractivity contribution < 1.29 is 4.79 Å². The fraction of sp³-hybridized carbons (Fsp3) is 0.312. The average Bonchev–Trinajstić information content (AvgIpc) is 3.04. The normalized spacial score (nSPS) is 14.2. The molecule has 1 aliphatic rings. The zero-order valence-corrected chi connectivity index (χ0v) is 12.0. The molecule has 3 rings (SSSR count). The Labute approximate surface area is 124 Å². The molecule has 1 aromatic carbocycles. The minimum atomic E-state index is -0.0260. The summed E-state index contributed by atoms with van der Waals surface area (Å²) in [5, 5.41) is 3.17. The highest BCUT2D eigenvalue weighted by molar-refractivity contribution is 5.92. The molecular weight excluding hydrogens is 264 g/mol. The van der Waals surface area contributed by atoms with Crippen molar-refractivity contribution in [2.45, 2.75) is 19.8 Å². The van der Waals surface area contributed by atoms with E-state index in [1.54, 1.807) is 6.20 Å². The van der Waals surface area contributed by atoms with E-state index in [4.69, 9.17) is 0 Å². The molecule has 1 aliphatic heterocycles. The summed E-state index contributed by atoms with van der Waals surface area (Å²) >= 11 is 0. The molecule has 1 saturated heterocycles. The van der Waals surface area contributed by atoms with Gasteiger partial charge in [-0.15, -0.1) is 0 Å². The number of carbonyl (C=O) groups is 1. The van der Waals surface area contributed by atoms with Crippen molar-refractivity contribution in [1.82, 2.24) is 14.9 Å². The number of hydrogen-bond acceptors (Lipinski definition) is 4. The molecule has 0 spiro atoms. The maximum atomic E-state index is 12.2. The van der Waals surface area contributed by atoms with Crippen LogP contribution in [0.25, 0.3) is 0 Å². The van der Waals surface area contributed by atoms with Gasteiger partial charge in [0.15, 0.2) is 0 Å². The second kappa shape index (κ2) is 5.91. The minimum Gasteiger partial charge on any atom is -0.339 e. The topological polar surface area (TPSA) is 58.1 Å². The summed E-state index contributed by atoms with van der Waals surface area (Å²) in [6.45, 7) is 3.69. The zero-order valence-electron chi connectivity index (χ0n) is 12.0. The molecule has 1 N–H and O–H groups in total. The van der Waals surface area contributed by atoms with Crippen LogP contribution in [0.5, 0.6) is 0 Å². The number of carbonyl (C=O) groups excluding carboxylic acids is 1. The Hall–Kier alpha value is -2.43. The summed E-state index contributed by atoms with van der Waals surface area (Å²) in [5.74, 6) is 0.610. The standard InChI is InChI=1S/C16H18N4O/c1-12-4-6-13(7-5-12)19-15-11-17-14(10-18-15)16(21)20-8-2-3-9-20/h4-7,10-11H,2-3,8-9H2,1H3,(H,18,19). The van der Waals surface area contributed by atoms with E-state index >= 15 is 0 Å². The third-order valence-electron chi connectivity index (χ3n) is 3.59. The zero-order chi connectivity index (χ0) is 14.7. The van der Waals surface area contributed by atoms with Crippen LogP contribution in [-0.4, -0.2) is 33.9 Å². The molecule has 0 radical (unpaired) electrons. The number of hydrogen-bond donors (Lipinski definition) is 1. The molecule has 2 aromatic rings. The average molecular weight is 282 g/mol. The molecule has 21 heavy (non-hydrogen) atoms. The van der Waals surface area contributed by atoms with E-state index < -0.39 is 0 Å². The van der Waals surface area contributed by atoms with E-state index in [0.717, 1.165) is 31.6 Å². The lowest BCUT2D eigenvalue weighted by Crippen LogP contribution is -2.28. The first-order valence-electron chi connectivity index (χ1n) is 7.17. The van der Waals surface area contributed by atoms with E-state index in [1.807, 2.05) is 36.1 Å². The summed E-state index contributed by atoms with van der Waals surface area (Å²) in [6.07, 6.45) is 5.29. The van der Waals surface area contributed by atoms with Crippen molar-refractivity contribution in [2.24, 2.45) is 0 Å². The lowest BCUT2D eigenvalue weighted by atomic mass is 10.2. The van der Waals surface area contributed by atoms with Crippen molar-refractivity contribution in [3.8, 4) is 0 Å². The van der Waals surface area contributed by atoms with Gasteiger partial charge in [0.1, 0.15) is 11.5 Å². The first kappa shape index (κ1) is 13.5. The molecule has 5 nitrogen and oxygen atoms in total. The van der Waals surface area contributed by atoms with Gasteiger partial charge in [-0.05, 0) is 31.9 Å². The van der Waals surface area contributed by atoms with Crippen LogP contribution in [-0.2, 0) is 0 Å². The van der Waals surface area contributed by atoms with Crippen LogP contribution in [0.3, 0.4) is 0 Å². The number of likely N-dealkylation sites (tertiary alicyclic amines) is 1. The van der Waals surface area contributed by atoms with Crippen LogP contribution in [0.1, 0.15) is 28.9 Å². The van der Waals surface area contributed by atoms with Crippen LogP contribution in [0.4, 0.5) is 11.5 Å². The SMILES string of the molecule is Cc1ccc(Nc2cnc(C(=O)N3CCCC3)cn2)cc1. The van der Waals surface area contributed by atoms with Gasteiger partial charge in [0.05, 0.1) is 12.4 Å².